The molecule has 4 heterocycles. The maximum Gasteiger partial charge on any atom is 0.282 e. The van der Waals surface area contributed by atoms with Crippen LogP contribution in [-0.2, 0) is 7.05 Å². The molecule has 0 N–H and O–H groups in total. The van der Waals surface area contributed by atoms with E-state index in [0.29, 0.717) is 42.8 Å². The number of hydrogen-bond donors (Lipinski definition) is 0. The lowest BCUT2D eigenvalue weighted by Gasteiger charge is -2.48. The van der Waals surface area contributed by atoms with E-state index in [-0.39, 0.29) is 17.6 Å². The fourth-order valence-corrected chi connectivity index (χ4v) is 5.81. The summed E-state index contributed by atoms with van der Waals surface area (Å²) in [6, 6.07) is 12.6. The maximum absolute atomic E-state index is 13.5. The standard InChI is InChI=1S/C27H26FN5O2S/c1-30-8-6-19-14-20(15-23(24(19)30)18-2-4-21(28)5-3-18)26(34)33-16-22(17-33)31-9-11-32(12-10-31)27(35)25-29-7-13-36-25/h2-8,13-15,22H,9-12,16-17H2,1H3. The molecule has 0 radical (unpaired) electrons. The van der Waals surface area contributed by atoms with Gasteiger partial charge >= 0.3 is 0 Å². The Morgan fingerprint density at radius 1 is 0.972 bits per heavy atom. The summed E-state index contributed by atoms with van der Waals surface area (Å²) in [5.74, 6) is -0.268. The van der Waals surface area contributed by atoms with E-state index < -0.39 is 0 Å². The second kappa shape index (κ2) is 9.15. The maximum atomic E-state index is 13.5. The van der Waals surface area contributed by atoms with Gasteiger partial charge in [-0.25, -0.2) is 9.37 Å². The van der Waals surface area contributed by atoms with Crippen molar-refractivity contribution in [2.45, 2.75) is 6.04 Å². The third-order valence-corrected chi connectivity index (χ3v) is 8.02. The highest BCUT2D eigenvalue weighted by molar-refractivity contribution is 7.11. The molecule has 184 valence electrons. The summed E-state index contributed by atoms with van der Waals surface area (Å²) in [6.07, 6.45) is 3.64. The predicted octanol–water partition coefficient (Wildman–Crippen LogP) is 3.72. The lowest BCUT2D eigenvalue weighted by molar-refractivity contribution is 0.00854. The van der Waals surface area contributed by atoms with Crippen LogP contribution in [0.3, 0.4) is 0 Å². The van der Waals surface area contributed by atoms with Gasteiger partial charge in [-0.3, -0.25) is 14.5 Å². The van der Waals surface area contributed by atoms with Crippen molar-refractivity contribution in [3.63, 3.8) is 0 Å². The highest BCUT2D eigenvalue weighted by Crippen LogP contribution is 2.32. The summed E-state index contributed by atoms with van der Waals surface area (Å²) in [7, 11) is 1.97. The zero-order valence-corrected chi connectivity index (χ0v) is 20.7. The number of piperazine rings is 1. The van der Waals surface area contributed by atoms with Crippen LogP contribution in [0.2, 0.25) is 0 Å². The molecule has 0 atom stereocenters. The largest absolute Gasteiger partial charge is 0.350 e. The van der Waals surface area contributed by atoms with Crippen LogP contribution in [0, 0.1) is 5.82 Å². The van der Waals surface area contributed by atoms with Gasteiger partial charge in [-0.1, -0.05) is 12.1 Å². The molecule has 7 nitrogen and oxygen atoms in total. The van der Waals surface area contributed by atoms with Crippen LogP contribution in [0.1, 0.15) is 20.2 Å². The van der Waals surface area contributed by atoms with Crippen molar-refractivity contribution in [2.24, 2.45) is 7.05 Å². The van der Waals surface area contributed by atoms with E-state index >= 15 is 0 Å². The van der Waals surface area contributed by atoms with Gasteiger partial charge in [0.1, 0.15) is 5.82 Å². The molecule has 2 aliphatic heterocycles. The van der Waals surface area contributed by atoms with Crippen molar-refractivity contribution >= 4 is 34.1 Å². The lowest BCUT2D eigenvalue weighted by atomic mass is 9.97. The molecule has 0 aliphatic carbocycles. The van der Waals surface area contributed by atoms with Gasteiger partial charge in [0.25, 0.3) is 11.8 Å². The number of hydrogen-bond acceptors (Lipinski definition) is 5. The smallest absolute Gasteiger partial charge is 0.282 e. The molecule has 2 aliphatic rings. The van der Waals surface area contributed by atoms with Crippen LogP contribution in [0.4, 0.5) is 4.39 Å². The zero-order valence-electron chi connectivity index (χ0n) is 19.9. The fraction of sp³-hybridized carbons (Fsp3) is 0.296. The van der Waals surface area contributed by atoms with E-state index in [2.05, 4.69) is 9.88 Å². The van der Waals surface area contributed by atoms with E-state index in [9.17, 15) is 14.0 Å². The Labute approximate surface area is 212 Å². The van der Waals surface area contributed by atoms with Crippen molar-refractivity contribution in [3.8, 4) is 11.1 Å². The molecule has 2 aromatic carbocycles. The van der Waals surface area contributed by atoms with Gasteiger partial charge in [-0.05, 0) is 35.9 Å². The van der Waals surface area contributed by atoms with E-state index in [1.807, 2.05) is 51.2 Å². The van der Waals surface area contributed by atoms with Gasteiger partial charge in [0.15, 0.2) is 5.01 Å². The van der Waals surface area contributed by atoms with Crippen LogP contribution in [0.5, 0.6) is 0 Å². The van der Waals surface area contributed by atoms with Crippen molar-refractivity contribution in [2.75, 3.05) is 39.3 Å². The second-order valence-corrected chi connectivity index (χ2v) is 10.3. The number of likely N-dealkylation sites (tertiary alicyclic amines) is 1. The third-order valence-electron chi connectivity index (χ3n) is 7.25. The van der Waals surface area contributed by atoms with Crippen molar-refractivity contribution in [1.82, 2.24) is 24.3 Å². The van der Waals surface area contributed by atoms with Crippen molar-refractivity contribution in [3.05, 3.63) is 76.6 Å². The molecule has 0 saturated carbocycles. The van der Waals surface area contributed by atoms with Crippen LogP contribution < -0.4 is 0 Å². The Morgan fingerprint density at radius 2 is 1.72 bits per heavy atom. The molecule has 0 unspecified atom stereocenters. The normalized spacial score (nSPS) is 16.9. The topological polar surface area (TPSA) is 61.7 Å². The van der Waals surface area contributed by atoms with Gasteiger partial charge in [-0.15, -0.1) is 11.3 Å². The van der Waals surface area contributed by atoms with Gasteiger partial charge in [-0.2, -0.15) is 0 Å². The molecule has 9 heteroatoms. The first-order valence-electron chi connectivity index (χ1n) is 12.0. The highest BCUT2D eigenvalue weighted by Gasteiger charge is 2.37. The molecular weight excluding hydrogens is 477 g/mol. The molecular formula is C27H26FN5O2S. The fourth-order valence-electron chi connectivity index (χ4n) is 5.21. The molecule has 2 aromatic heterocycles. The van der Waals surface area contributed by atoms with Crippen LogP contribution in [0.15, 0.2) is 60.2 Å². The quantitative estimate of drug-likeness (QED) is 0.426. The van der Waals surface area contributed by atoms with Crippen LogP contribution >= 0.6 is 11.3 Å². The number of halogens is 1. The Balaban J connectivity index is 1.13. The monoisotopic (exact) mass is 503 g/mol. The lowest BCUT2D eigenvalue weighted by Crippen LogP contribution is -2.64. The molecule has 2 fully saturated rings. The summed E-state index contributed by atoms with van der Waals surface area (Å²) >= 11 is 1.37. The predicted molar refractivity (Wildman–Crippen MR) is 138 cm³/mol. The first-order valence-corrected chi connectivity index (χ1v) is 12.9. The van der Waals surface area contributed by atoms with Crippen LogP contribution in [-0.4, -0.2) is 81.4 Å². The molecule has 2 amide bonds. The van der Waals surface area contributed by atoms with E-state index in [4.69, 9.17) is 0 Å². The number of amides is 2. The average molecular weight is 504 g/mol. The Hall–Kier alpha value is -3.56. The minimum Gasteiger partial charge on any atom is -0.350 e. The van der Waals surface area contributed by atoms with Crippen LogP contribution in [0.25, 0.3) is 22.0 Å². The Bertz CT molecular complexity index is 1420. The number of thiazole rings is 1. The molecule has 4 aromatic rings. The van der Waals surface area contributed by atoms with Gasteiger partial charge in [0.2, 0.25) is 0 Å². The van der Waals surface area contributed by atoms with Gasteiger partial charge < -0.3 is 14.4 Å². The van der Waals surface area contributed by atoms with E-state index in [1.165, 1.54) is 23.5 Å². The second-order valence-electron chi connectivity index (χ2n) is 9.42. The van der Waals surface area contributed by atoms with Gasteiger partial charge in [0, 0.05) is 86.6 Å². The highest BCUT2D eigenvalue weighted by atomic mass is 32.1. The molecule has 0 bridgehead atoms. The first kappa shape index (κ1) is 22.9. The van der Waals surface area contributed by atoms with Crippen molar-refractivity contribution in [1.29, 1.82) is 0 Å². The Morgan fingerprint density at radius 3 is 2.42 bits per heavy atom. The van der Waals surface area contributed by atoms with Crippen molar-refractivity contribution < 1.29 is 14.0 Å². The SMILES string of the molecule is Cn1ccc2cc(C(=O)N3CC(N4CCN(C(=O)c5nccs5)CC4)C3)cc(-c3ccc(F)cc3)c21. The number of carbonyl (C=O) groups is 2. The summed E-state index contributed by atoms with van der Waals surface area (Å²) in [6.45, 7) is 4.31. The Kier molecular flexibility index (Phi) is 5.81. The van der Waals surface area contributed by atoms with E-state index in [0.717, 1.165) is 35.1 Å². The summed E-state index contributed by atoms with van der Waals surface area (Å²) < 4.78 is 15.6. The minimum absolute atomic E-state index is 0.00308. The number of aromatic nitrogens is 2. The number of rotatable bonds is 4. The molecule has 36 heavy (non-hydrogen) atoms. The number of nitrogens with zero attached hydrogens (tertiary/aromatic N) is 5. The summed E-state index contributed by atoms with van der Waals surface area (Å²) in [5, 5.41) is 3.35. The van der Waals surface area contributed by atoms with Gasteiger partial charge in [0.05, 0.1) is 5.52 Å². The number of benzene rings is 2. The average Bonchev–Trinajstić information content (AvgIpc) is 3.53. The number of carbonyl (C=O) groups excluding carboxylic acids is 2. The third kappa shape index (κ3) is 4.08. The minimum atomic E-state index is -0.283. The first-order chi connectivity index (χ1) is 17.5. The summed E-state index contributed by atoms with van der Waals surface area (Å²) in [5.41, 5.74) is 3.46. The summed E-state index contributed by atoms with van der Waals surface area (Å²) in [4.78, 5) is 36.2. The molecule has 0 spiro atoms. The molecule has 6 rings (SSSR count). The van der Waals surface area contributed by atoms with E-state index in [1.54, 1.807) is 18.3 Å². The number of fused-ring (bicyclic) bond motifs is 1. The zero-order chi connectivity index (χ0) is 24.8. The number of aryl methyl sites for hydroxylation is 1. The molecule has 2 saturated heterocycles.